The van der Waals surface area contributed by atoms with E-state index in [4.69, 9.17) is 0 Å². The summed E-state index contributed by atoms with van der Waals surface area (Å²) in [6.07, 6.45) is 6.08. The molecule has 1 radical (unpaired) electrons. The predicted molar refractivity (Wildman–Crippen MR) is 33.7 cm³/mol. The third kappa shape index (κ3) is 0.760. The molecule has 0 atom stereocenters. The first-order chi connectivity index (χ1) is 3.84. The highest BCUT2D eigenvalue weighted by Crippen LogP contribution is 2.03. The van der Waals surface area contributed by atoms with Crippen molar-refractivity contribution in [3.05, 3.63) is 23.5 Å². The number of H-pyrrole nitrogens is 1. The molecule has 0 amide bonds. The quantitative estimate of drug-likeness (QED) is 0.563. The average molecular weight is 108 g/mol. The smallest absolute Gasteiger partial charge is 0.0657 e. The zero-order chi connectivity index (χ0) is 5.98. The van der Waals surface area contributed by atoms with Gasteiger partial charge in [0.15, 0.2) is 0 Å². The molecule has 1 aromatic heterocycles. The number of hydrogen-bond acceptors (Lipinski definition) is 0. The number of nitrogens with one attached hydrogen (secondary N) is 1. The molecular formula is C7H10N. The molecule has 1 nitrogen and oxygen atoms in total. The summed E-state index contributed by atoms with van der Waals surface area (Å²) in [7, 11) is 0. The van der Waals surface area contributed by atoms with Crippen LogP contribution in [0.4, 0.5) is 0 Å². The Hall–Kier alpha value is -0.720. The van der Waals surface area contributed by atoms with Crippen LogP contribution in [0.15, 0.2) is 6.20 Å². The first-order valence-corrected chi connectivity index (χ1v) is 2.89. The third-order valence-electron chi connectivity index (χ3n) is 1.34. The van der Waals surface area contributed by atoms with Crippen LogP contribution in [0.2, 0.25) is 0 Å². The van der Waals surface area contributed by atoms with Crippen LogP contribution >= 0.6 is 0 Å². The molecule has 0 aliphatic carbocycles. The second kappa shape index (κ2) is 2.03. The zero-order valence-corrected chi connectivity index (χ0v) is 5.28. The van der Waals surface area contributed by atoms with Crippen molar-refractivity contribution in [1.82, 2.24) is 4.98 Å². The molecule has 0 unspecified atom stereocenters. The lowest BCUT2D eigenvalue weighted by Gasteiger charge is -1.86. The SMILES string of the molecule is CCc1[c][nH]cc1C. The summed E-state index contributed by atoms with van der Waals surface area (Å²) in [5.41, 5.74) is 2.61. The summed E-state index contributed by atoms with van der Waals surface area (Å²) in [6, 6.07) is 0. The molecule has 1 heterocycles. The summed E-state index contributed by atoms with van der Waals surface area (Å²) >= 11 is 0. The molecule has 1 rings (SSSR count). The maximum atomic E-state index is 3.03. The first-order valence-electron chi connectivity index (χ1n) is 2.89. The highest BCUT2D eigenvalue weighted by molar-refractivity contribution is 5.19. The average Bonchev–Trinajstić information content (AvgIpc) is 2.14. The van der Waals surface area contributed by atoms with Gasteiger partial charge in [-0.25, -0.2) is 0 Å². The number of hydrogen-bond donors (Lipinski definition) is 1. The zero-order valence-electron chi connectivity index (χ0n) is 5.28. The van der Waals surface area contributed by atoms with Gasteiger partial charge in [-0.1, -0.05) is 6.92 Å². The molecule has 0 saturated carbocycles. The fourth-order valence-corrected chi connectivity index (χ4v) is 0.784. The van der Waals surface area contributed by atoms with E-state index in [0.717, 1.165) is 6.42 Å². The van der Waals surface area contributed by atoms with E-state index in [-0.39, 0.29) is 0 Å². The highest BCUT2D eigenvalue weighted by atomic mass is 14.6. The number of rotatable bonds is 1. The molecule has 1 N–H and O–H groups in total. The lowest BCUT2D eigenvalue weighted by molar-refractivity contribution is 1.12. The molecule has 8 heavy (non-hydrogen) atoms. The molecule has 0 aliphatic rings. The van der Waals surface area contributed by atoms with E-state index >= 15 is 0 Å². The van der Waals surface area contributed by atoms with Gasteiger partial charge in [0.25, 0.3) is 0 Å². The molecule has 1 aromatic rings. The minimum Gasteiger partial charge on any atom is -0.359 e. The van der Waals surface area contributed by atoms with Crippen molar-refractivity contribution in [3.8, 4) is 0 Å². The number of aryl methyl sites for hydroxylation is 2. The van der Waals surface area contributed by atoms with Gasteiger partial charge in [-0.15, -0.1) is 0 Å². The van der Waals surface area contributed by atoms with Crippen LogP contribution < -0.4 is 0 Å². The van der Waals surface area contributed by atoms with Gasteiger partial charge in [0.2, 0.25) is 0 Å². The maximum Gasteiger partial charge on any atom is 0.0657 e. The second-order valence-electron chi connectivity index (χ2n) is 1.93. The van der Waals surface area contributed by atoms with Crippen LogP contribution in [0.3, 0.4) is 0 Å². The van der Waals surface area contributed by atoms with Crippen molar-refractivity contribution in [2.24, 2.45) is 0 Å². The van der Waals surface area contributed by atoms with Crippen molar-refractivity contribution >= 4 is 0 Å². The van der Waals surface area contributed by atoms with Gasteiger partial charge in [0.1, 0.15) is 0 Å². The first kappa shape index (κ1) is 5.42. The highest BCUT2D eigenvalue weighted by Gasteiger charge is 1.92. The van der Waals surface area contributed by atoms with Crippen molar-refractivity contribution < 1.29 is 0 Å². The molecule has 0 fully saturated rings. The molecule has 0 aromatic carbocycles. The standard InChI is InChI=1S/C7H10N/c1-3-7-5-8-4-6(7)2/h4,8H,3H2,1-2H3. The summed E-state index contributed by atoms with van der Waals surface area (Å²) in [5.74, 6) is 0. The van der Waals surface area contributed by atoms with Gasteiger partial charge in [-0.2, -0.15) is 0 Å². The Morgan fingerprint density at radius 2 is 2.50 bits per heavy atom. The van der Waals surface area contributed by atoms with Crippen LogP contribution in [0.1, 0.15) is 18.1 Å². The van der Waals surface area contributed by atoms with Crippen molar-refractivity contribution in [3.63, 3.8) is 0 Å². The van der Waals surface area contributed by atoms with Crippen molar-refractivity contribution in [1.29, 1.82) is 0 Å². The summed E-state index contributed by atoms with van der Waals surface area (Å²) in [5, 5.41) is 0. The molecule has 0 saturated heterocycles. The lowest BCUT2D eigenvalue weighted by atomic mass is 10.2. The van der Waals surface area contributed by atoms with E-state index in [0.29, 0.717) is 0 Å². The van der Waals surface area contributed by atoms with E-state index in [9.17, 15) is 0 Å². The second-order valence-corrected chi connectivity index (χ2v) is 1.93. The van der Waals surface area contributed by atoms with E-state index in [1.54, 1.807) is 0 Å². The number of aromatic nitrogens is 1. The van der Waals surface area contributed by atoms with Crippen LogP contribution in [0.5, 0.6) is 0 Å². The Labute approximate surface area is 49.7 Å². The van der Waals surface area contributed by atoms with E-state index in [1.165, 1.54) is 11.1 Å². The Morgan fingerprint density at radius 3 is 2.75 bits per heavy atom. The van der Waals surface area contributed by atoms with Gasteiger partial charge in [-0.3, -0.25) is 0 Å². The summed E-state index contributed by atoms with van der Waals surface area (Å²) in [6.45, 7) is 4.22. The largest absolute Gasteiger partial charge is 0.359 e. The van der Waals surface area contributed by atoms with Gasteiger partial charge >= 0.3 is 0 Å². The van der Waals surface area contributed by atoms with E-state index < -0.39 is 0 Å². The molecule has 0 spiro atoms. The molecular weight excluding hydrogens is 98.1 g/mol. The van der Waals surface area contributed by atoms with Crippen molar-refractivity contribution in [2.45, 2.75) is 20.3 Å². The topological polar surface area (TPSA) is 15.8 Å². The summed E-state index contributed by atoms with van der Waals surface area (Å²) < 4.78 is 0. The number of aromatic amines is 1. The maximum absolute atomic E-state index is 3.03. The third-order valence-corrected chi connectivity index (χ3v) is 1.34. The lowest BCUT2D eigenvalue weighted by Crippen LogP contribution is -1.75. The molecule has 1 heteroatoms. The normalized spacial score (nSPS) is 9.75. The fourth-order valence-electron chi connectivity index (χ4n) is 0.784. The van der Waals surface area contributed by atoms with Crippen LogP contribution in [0, 0.1) is 13.1 Å². The van der Waals surface area contributed by atoms with Crippen LogP contribution in [-0.2, 0) is 6.42 Å². The van der Waals surface area contributed by atoms with Gasteiger partial charge < -0.3 is 4.98 Å². The Bertz CT molecular complexity index is 165. The predicted octanol–water partition coefficient (Wildman–Crippen LogP) is 1.69. The van der Waals surface area contributed by atoms with Gasteiger partial charge in [0.05, 0.1) is 6.20 Å². The minimum atomic E-state index is 1.08. The Kier molecular flexibility index (Phi) is 1.38. The van der Waals surface area contributed by atoms with Crippen molar-refractivity contribution in [2.75, 3.05) is 0 Å². The van der Waals surface area contributed by atoms with Crippen LogP contribution in [0.25, 0.3) is 0 Å². The molecule has 43 valence electrons. The van der Waals surface area contributed by atoms with Gasteiger partial charge in [-0.05, 0) is 24.5 Å². The minimum absolute atomic E-state index is 1.08. The summed E-state index contributed by atoms with van der Waals surface area (Å²) in [4.78, 5) is 2.92. The van der Waals surface area contributed by atoms with E-state index in [1.807, 2.05) is 6.20 Å². The Balaban J connectivity index is 2.92. The van der Waals surface area contributed by atoms with Crippen LogP contribution in [-0.4, -0.2) is 4.98 Å². The molecule has 0 aliphatic heterocycles. The van der Waals surface area contributed by atoms with E-state index in [2.05, 4.69) is 25.0 Å². The monoisotopic (exact) mass is 108 g/mol. The Morgan fingerprint density at radius 1 is 1.75 bits per heavy atom. The fraction of sp³-hybridized carbons (Fsp3) is 0.429. The van der Waals surface area contributed by atoms with Gasteiger partial charge in [0, 0.05) is 6.20 Å². The molecule has 0 bridgehead atoms.